The molecule has 0 fully saturated rings. The fraction of sp³-hybridized carbons (Fsp3) is 0.103. The Morgan fingerprint density at radius 3 is 2.22 bits per heavy atom. The third-order valence-corrected chi connectivity index (χ3v) is 10.3. The van der Waals surface area contributed by atoms with Gasteiger partial charge in [0.25, 0.3) is 0 Å². The Morgan fingerprint density at radius 1 is 0.820 bits per heavy atom. The maximum absolute atomic E-state index is 13.2. The Kier molecular flexibility index (Phi) is 8.44. The summed E-state index contributed by atoms with van der Waals surface area (Å²) in [4.78, 5) is 26.5. The van der Waals surface area contributed by atoms with Crippen LogP contribution in [0.5, 0.6) is 0 Å². The zero-order chi connectivity index (χ0) is 35.0. The maximum atomic E-state index is 13.2. The summed E-state index contributed by atoms with van der Waals surface area (Å²) < 4.78 is 65.9. The molecule has 0 aliphatic carbocycles. The van der Waals surface area contributed by atoms with Crippen molar-refractivity contribution in [3.05, 3.63) is 144 Å². The second kappa shape index (κ2) is 12.9. The number of nitrogens with zero attached hydrogens (tertiary/aromatic N) is 3. The molecule has 3 aromatic heterocycles. The van der Waals surface area contributed by atoms with E-state index in [1.165, 1.54) is 17.0 Å². The highest BCUT2D eigenvalue weighted by molar-refractivity contribution is 7.90. The first kappa shape index (κ1) is 32.7. The number of H-pyrrole nitrogens is 1. The van der Waals surface area contributed by atoms with Gasteiger partial charge in [0, 0.05) is 46.3 Å². The molecule has 250 valence electrons. The number of pyridine rings is 2. The third kappa shape index (κ3) is 6.47. The Balaban J connectivity index is 1.25. The molecule has 1 amide bonds. The van der Waals surface area contributed by atoms with Gasteiger partial charge < -0.3 is 9.88 Å². The summed E-state index contributed by atoms with van der Waals surface area (Å²) in [5, 5.41) is 1.67. The molecule has 3 heterocycles. The molecule has 0 aliphatic heterocycles. The van der Waals surface area contributed by atoms with E-state index in [0.717, 1.165) is 44.6 Å². The number of benzene rings is 4. The molecule has 0 radical (unpaired) electrons. The molecular formula is C39H29F3N4O3S. The van der Waals surface area contributed by atoms with Crippen LogP contribution in [0.3, 0.4) is 0 Å². The number of aromatic nitrogens is 3. The summed E-state index contributed by atoms with van der Waals surface area (Å²) in [6, 6.07) is 34.6. The van der Waals surface area contributed by atoms with Crippen molar-refractivity contribution >= 4 is 43.4 Å². The van der Waals surface area contributed by atoms with E-state index in [4.69, 9.17) is 4.98 Å². The van der Waals surface area contributed by atoms with Crippen molar-refractivity contribution in [1.29, 1.82) is 0 Å². The molecule has 7 rings (SSSR count). The van der Waals surface area contributed by atoms with Gasteiger partial charge in [0.05, 0.1) is 22.8 Å². The van der Waals surface area contributed by atoms with Gasteiger partial charge in [0.15, 0.2) is 9.84 Å². The highest BCUT2D eigenvalue weighted by atomic mass is 32.2. The average molecular weight is 691 g/mol. The van der Waals surface area contributed by atoms with Crippen LogP contribution in [-0.2, 0) is 33.0 Å². The van der Waals surface area contributed by atoms with Crippen LogP contribution in [-0.4, -0.2) is 36.3 Å². The van der Waals surface area contributed by atoms with Crippen LogP contribution < -0.4 is 4.90 Å². The van der Waals surface area contributed by atoms with Gasteiger partial charge in [-0.3, -0.25) is 4.79 Å². The molecule has 1 N–H and O–H groups in total. The van der Waals surface area contributed by atoms with Crippen LogP contribution in [0.25, 0.3) is 44.2 Å². The monoisotopic (exact) mass is 690 g/mol. The van der Waals surface area contributed by atoms with E-state index in [1.54, 1.807) is 61.8 Å². The van der Waals surface area contributed by atoms with Crippen LogP contribution in [0.2, 0.25) is 0 Å². The van der Waals surface area contributed by atoms with Crippen LogP contribution in [0.4, 0.5) is 18.9 Å². The number of sulfone groups is 1. The molecule has 50 heavy (non-hydrogen) atoms. The number of carbonyl (C=O) groups excluding carboxylic acids is 1. The van der Waals surface area contributed by atoms with Crippen LogP contribution in [0.1, 0.15) is 17.0 Å². The lowest BCUT2D eigenvalue weighted by molar-refractivity contribution is -0.141. The molecule has 11 heteroatoms. The first-order chi connectivity index (χ1) is 24.0. The van der Waals surface area contributed by atoms with Gasteiger partial charge in [-0.05, 0) is 65.2 Å². The number of carbonyl (C=O) groups is 1. The fourth-order valence-electron chi connectivity index (χ4n) is 6.07. The Bertz CT molecular complexity index is 2470. The van der Waals surface area contributed by atoms with Gasteiger partial charge in [0.2, 0.25) is 5.91 Å². The van der Waals surface area contributed by atoms with Crippen molar-refractivity contribution in [3.8, 4) is 22.3 Å². The van der Waals surface area contributed by atoms with Gasteiger partial charge in [0.1, 0.15) is 11.3 Å². The summed E-state index contributed by atoms with van der Waals surface area (Å²) in [5.74, 6) is -0.577. The molecule has 7 aromatic rings. The minimum atomic E-state index is -4.60. The number of hydrogen-bond acceptors (Lipinski definition) is 5. The van der Waals surface area contributed by atoms with E-state index in [1.807, 2.05) is 54.6 Å². The van der Waals surface area contributed by atoms with Crippen molar-refractivity contribution in [3.63, 3.8) is 0 Å². The van der Waals surface area contributed by atoms with Crippen LogP contribution >= 0.6 is 0 Å². The van der Waals surface area contributed by atoms with Crippen LogP contribution in [0, 0.1) is 0 Å². The molecule has 0 atom stereocenters. The summed E-state index contributed by atoms with van der Waals surface area (Å²) in [6.07, 6.45) is -3.12. The van der Waals surface area contributed by atoms with Crippen molar-refractivity contribution in [2.24, 2.45) is 0 Å². The molecule has 0 bridgehead atoms. The lowest BCUT2D eigenvalue weighted by Gasteiger charge is -2.18. The predicted molar refractivity (Wildman–Crippen MR) is 188 cm³/mol. The van der Waals surface area contributed by atoms with Crippen LogP contribution in [0.15, 0.2) is 132 Å². The van der Waals surface area contributed by atoms with Crippen molar-refractivity contribution in [1.82, 2.24) is 15.0 Å². The first-order valence-electron chi connectivity index (χ1n) is 15.6. The second-order valence-electron chi connectivity index (χ2n) is 11.9. The number of fused-ring (bicyclic) bond motifs is 3. The van der Waals surface area contributed by atoms with Gasteiger partial charge in [-0.25, -0.2) is 18.4 Å². The predicted octanol–water partition coefficient (Wildman–Crippen LogP) is 8.64. The molecule has 0 saturated heterocycles. The van der Waals surface area contributed by atoms with Gasteiger partial charge in [-0.15, -0.1) is 0 Å². The number of hydrogen-bond donors (Lipinski definition) is 1. The Labute approximate surface area is 286 Å². The highest BCUT2D eigenvalue weighted by Crippen LogP contribution is 2.41. The number of aromatic amines is 1. The number of rotatable bonds is 8. The third-order valence-electron chi connectivity index (χ3n) is 8.58. The van der Waals surface area contributed by atoms with E-state index >= 15 is 0 Å². The molecule has 0 aliphatic rings. The number of halogens is 3. The highest BCUT2D eigenvalue weighted by Gasteiger charge is 2.32. The quantitative estimate of drug-likeness (QED) is 0.172. The smallest absolute Gasteiger partial charge is 0.339 e. The Hall–Kier alpha value is -5.81. The molecule has 4 aromatic carbocycles. The number of likely N-dealkylation sites (N-methyl/N-ethyl adjacent to an activating group) is 1. The topological polar surface area (TPSA) is 96.0 Å². The minimum absolute atomic E-state index is 0.0275. The zero-order valence-corrected chi connectivity index (χ0v) is 27.5. The molecular weight excluding hydrogens is 662 g/mol. The zero-order valence-electron chi connectivity index (χ0n) is 26.6. The standard InChI is InChI=1S/C39H29F3N4O3S/c1-46(35(47)22-28-11-8-14-34(44-28)39(40,41)42)29-18-16-26(17-19-29)32-23-43-38-37(36(32)27-9-4-2-5-10-27)31-21-25(15-20-33(31)45-38)24-50(48,49)30-12-6-3-7-13-30/h2-21,23H,22,24H2,1H3,(H,43,45). The Morgan fingerprint density at radius 2 is 1.52 bits per heavy atom. The maximum Gasteiger partial charge on any atom is 0.433 e. The summed E-state index contributed by atoms with van der Waals surface area (Å²) >= 11 is 0. The number of amides is 1. The van der Waals surface area contributed by atoms with Crippen molar-refractivity contribution < 1.29 is 26.4 Å². The van der Waals surface area contributed by atoms with Crippen molar-refractivity contribution in [2.45, 2.75) is 23.2 Å². The fourth-order valence-corrected chi connectivity index (χ4v) is 7.42. The van der Waals surface area contributed by atoms with Crippen molar-refractivity contribution in [2.75, 3.05) is 11.9 Å². The number of nitrogens with one attached hydrogen (secondary N) is 1. The molecule has 0 saturated carbocycles. The average Bonchev–Trinajstić information content (AvgIpc) is 3.49. The molecule has 0 spiro atoms. The van der Waals surface area contributed by atoms with E-state index < -0.39 is 27.6 Å². The van der Waals surface area contributed by atoms with Gasteiger partial charge in [-0.2, -0.15) is 13.2 Å². The van der Waals surface area contributed by atoms with E-state index in [0.29, 0.717) is 16.9 Å². The lowest BCUT2D eigenvalue weighted by Crippen LogP contribution is -2.28. The largest absolute Gasteiger partial charge is 0.433 e. The minimum Gasteiger partial charge on any atom is -0.339 e. The number of anilines is 1. The second-order valence-corrected chi connectivity index (χ2v) is 13.9. The number of alkyl halides is 3. The summed E-state index contributed by atoms with van der Waals surface area (Å²) in [7, 11) is -2.01. The molecule has 0 unspecified atom stereocenters. The van der Waals surface area contributed by atoms with E-state index in [9.17, 15) is 26.4 Å². The first-order valence-corrected chi connectivity index (χ1v) is 17.3. The summed E-state index contributed by atoms with van der Waals surface area (Å²) in [5.41, 5.74) is 5.12. The van der Waals surface area contributed by atoms with E-state index in [2.05, 4.69) is 9.97 Å². The lowest BCUT2D eigenvalue weighted by atomic mass is 9.92. The summed E-state index contributed by atoms with van der Waals surface area (Å²) in [6.45, 7) is 0. The van der Waals surface area contributed by atoms with Gasteiger partial charge >= 0.3 is 6.18 Å². The SMILES string of the molecule is CN(C(=O)Cc1cccc(C(F)(F)F)n1)c1ccc(-c2cnc3[nH]c4ccc(CS(=O)(=O)c5ccccc5)cc4c3c2-c2ccccc2)cc1. The molecule has 7 nitrogen and oxygen atoms in total. The van der Waals surface area contributed by atoms with Gasteiger partial charge in [-0.1, -0.05) is 72.8 Å². The van der Waals surface area contributed by atoms with E-state index in [-0.39, 0.29) is 22.8 Å². The normalized spacial score (nSPS) is 12.0.